The van der Waals surface area contributed by atoms with Crippen molar-refractivity contribution in [1.29, 1.82) is 0 Å². The van der Waals surface area contributed by atoms with Crippen LogP contribution >= 0.6 is 0 Å². The zero-order chi connectivity index (χ0) is 13.5. The molecule has 108 valence electrons. The molecule has 1 rings (SSSR count). The molecular formula is C15H33N3. The van der Waals surface area contributed by atoms with Gasteiger partial charge in [-0.05, 0) is 52.9 Å². The van der Waals surface area contributed by atoms with Crippen LogP contribution in [0.25, 0.3) is 0 Å². The van der Waals surface area contributed by atoms with E-state index in [2.05, 4.69) is 49.9 Å². The van der Waals surface area contributed by atoms with E-state index in [0.29, 0.717) is 12.1 Å². The first kappa shape index (κ1) is 15.9. The van der Waals surface area contributed by atoms with E-state index < -0.39 is 0 Å². The Kier molecular flexibility index (Phi) is 7.20. The van der Waals surface area contributed by atoms with E-state index in [1.165, 1.54) is 38.9 Å². The average molecular weight is 255 g/mol. The van der Waals surface area contributed by atoms with Crippen molar-refractivity contribution in [2.24, 2.45) is 0 Å². The summed E-state index contributed by atoms with van der Waals surface area (Å²) in [7, 11) is 2.29. The van der Waals surface area contributed by atoms with Gasteiger partial charge in [-0.3, -0.25) is 4.90 Å². The molecule has 0 saturated carbocycles. The highest BCUT2D eigenvalue weighted by molar-refractivity contribution is 4.85. The molecule has 1 N–H and O–H groups in total. The van der Waals surface area contributed by atoms with Crippen LogP contribution < -0.4 is 5.32 Å². The molecule has 18 heavy (non-hydrogen) atoms. The van der Waals surface area contributed by atoms with Gasteiger partial charge < -0.3 is 10.2 Å². The molecule has 1 saturated heterocycles. The van der Waals surface area contributed by atoms with E-state index >= 15 is 0 Å². The van der Waals surface area contributed by atoms with Crippen LogP contribution in [0, 0.1) is 0 Å². The standard InChI is InChI=1S/C15H33N3/c1-6-15(16-7-2)13(4)17(5)12-14-10-9-11-18(14)8-3/h13-16H,6-12H2,1-5H3. The second kappa shape index (κ2) is 8.13. The molecule has 1 aliphatic heterocycles. The molecule has 3 heteroatoms. The molecule has 3 nitrogen and oxygen atoms in total. The summed E-state index contributed by atoms with van der Waals surface area (Å²) in [5.74, 6) is 0. The topological polar surface area (TPSA) is 18.5 Å². The number of rotatable bonds is 8. The number of hydrogen-bond donors (Lipinski definition) is 1. The Bertz CT molecular complexity index is 220. The molecule has 3 unspecified atom stereocenters. The summed E-state index contributed by atoms with van der Waals surface area (Å²) in [5, 5.41) is 3.61. The van der Waals surface area contributed by atoms with E-state index in [0.717, 1.165) is 12.6 Å². The Labute approximate surface area is 114 Å². The third kappa shape index (κ3) is 4.22. The summed E-state index contributed by atoms with van der Waals surface area (Å²) in [6.07, 6.45) is 3.97. The van der Waals surface area contributed by atoms with Crippen LogP contribution in [0.1, 0.15) is 47.0 Å². The average Bonchev–Trinajstić information content (AvgIpc) is 2.82. The minimum atomic E-state index is 0.620. The van der Waals surface area contributed by atoms with E-state index in [4.69, 9.17) is 0 Å². The van der Waals surface area contributed by atoms with Gasteiger partial charge in [0.2, 0.25) is 0 Å². The van der Waals surface area contributed by atoms with Gasteiger partial charge in [-0.1, -0.05) is 20.8 Å². The summed E-state index contributed by atoms with van der Waals surface area (Å²) in [6, 6.07) is 2.02. The molecule has 0 spiro atoms. The van der Waals surface area contributed by atoms with Crippen molar-refractivity contribution in [3.05, 3.63) is 0 Å². The Balaban J connectivity index is 2.45. The van der Waals surface area contributed by atoms with Crippen LogP contribution in [0.4, 0.5) is 0 Å². The van der Waals surface area contributed by atoms with Gasteiger partial charge in [0.25, 0.3) is 0 Å². The Morgan fingerprint density at radius 1 is 1.33 bits per heavy atom. The van der Waals surface area contributed by atoms with E-state index in [1.807, 2.05) is 0 Å². The summed E-state index contributed by atoms with van der Waals surface area (Å²) < 4.78 is 0. The van der Waals surface area contributed by atoms with Crippen LogP contribution in [0.15, 0.2) is 0 Å². The van der Waals surface area contributed by atoms with Gasteiger partial charge in [0, 0.05) is 24.7 Å². The molecule has 1 fully saturated rings. The monoisotopic (exact) mass is 255 g/mol. The van der Waals surface area contributed by atoms with E-state index in [1.54, 1.807) is 0 Å². The Morgan fingerprint density at radius 2 is 2.06 bits per heavy atom. The predicted octanol–water partition coefficient (Wildman–Crippen LogP) is 2.18. The number of likely N-dealkylation sites (N-methyl/N-ethyl adjacent to an activating group) is 3. The van der Waals surface area contributed by atoms with Gasteiger partial charge >= 0.3 is 0 Å². The summed E-state index contributed by atoms with van der Waals surface area (Å²) in [5.41, 5.74) is 0. The number of likely N-dealkylation sites (tertiary alicyclic amines) is 1. The minimum Gasteiger partial charge on any atom is -0.313 e. The third-order valence-corrected chi connectivity index (χ3v) is 4.59. The number of nitrogens with one attached hydrogen (secondary N) is 1. The van der Waals surface area contributed by atoms with Gasteiger partial charge in [-0.15, -0.1) is 0 Å². The molecule has 0 aromatic heterocycles. The fraction of sp³-hybridized carbons (Fsp3) is 1.00. The number of hydrogen-bond acceptors (Lipinski definition) is 3. The lowest BCUT2D eigenvalue weighted by atomic mass is 10.0. The first-order valence-electron chi connectivity index (χ1n) is 7.81. The van der Waals surface area contributed by atoms with Crippen LogP contribution in [0.3, 0.4) is 0 Å². The van der Waals surface area contributed by atoms with Crippen LogP contribution in [0.5, 0.6) is 0 Å². The molecule has 0 aliphatic carbocycles. The van der Waals surface area contributed by atoms with Crippen LogP contribution in [0.2, 0.25) is 0 Å². The van der Waals surface area contributed by atoms with Crippen molar-refractivity contribution in [3.63, 3.8) is 0 Å². The molecule has 0 radical (unpaired) electrons. The zero-order valence-corrected chi connectivity index (χ0v) is 13.1. The Morgan fingerprint density at radius 3 is 2.61 bits per heavy atom. The normalized spacial score (nSPS) is 24.7. The Hall–Kier alpha value is -0.120. The molecule has 0 aromatic rings. The highest BCUT2D eigenvalue weighted by atomic mass is 15.2. The van der Waals surface area contributed by atoms with Crippen molar-refractivity contribution in [2.45, 2.75) is 65.1 Å². The van der Waals surface area contributed by atoms with Crippen molar-refractivity contribution >= 4 is 0 Å². The lowest BCUT2D eigenvalue weighted by Crippen LogP contribution is -2.50. The second-order valence-electron chi connectivity index (χ2n) is 5.68. The fourth-order valence-corrected chi connectivity index (χ4v) is 3.24. The van der Waals surface area contributed by atoms with E-state index in [-0.39, 0.29) is 0 Å². The quantitative estimate of drug-likeness (QED) is 0.717. The van der Waals surface area contributed by atoms with Crippen molar-refractivity contribution in [2.75, 3.05) is 33.2 Å². The molecular weight excluding hydrogens is 222 g/mol. The maximum Gasteiger partial charge on any atom is 0.0223 e. The van der Waals surface area contributed by atoms with E-state index in [9.17, 15) is 0 Å². The molecule has 3 atom stereocenters. The fourth-order valence-electron chi connectivity index (χ4n) is 3.24. The zero-order valence-electron chi connectivity index (χ0n) is 13.1. The summed E-state index contributed by atoms with van der Waals surface area (Å²) >= 11 is 0. The van der Waals surface area contributed by atoms with Crippen molar-refractivity contribution < 1.29 is 0 Å². The summed E-state index contributed by atoms with van der Waals surface area (Å²) in [4.78, 5) is 5.19. The lowest BCUT2D eigenvalue weighted by Gasteiger charge is -2.35. The maximum atomic E-state index is 3.61. The minimum absolute atomic E-state index is 0.620. The first-order valence-corrected chi connectivity index (χ1v) is 7.81. The van der Waals surface area contributed by atoms with Gasteiger partial charge in [-0.25, -0.2) is 0 Å². The largest absolute Gasteiger partial charge is 0.313 e. The van der Waals surface area contributed by atoms with Gasteiger partial charge in [0.1, 0.15) is 0 Å². The van der Waals surface area contributed by atoms with Gasteiger partial charge in [-0.2, -0.15) is 0 Å². The highest BCUT2D eigenvalue weighted by Gasteiger charge is 2.27. The van der Waals surface area contributed by atoms with Crippen molar-refractivity contribution in [3.8, 4) is 0 Å². The van der Waals surface area contributed by atoms with Crippen molar-refractivity contribution in [1.82, 2.24) is 15.1 Å². The maximum absolute atomic E-state index is 3.61. The number of nitrogens with zero attached hydrogens (tertiary/aromatic N) is 2. The van der Waals surface area contributed by atoms with Gasteiger partial charge in [0.15, 0.2) is 0 Å². The molecule has 0 amide bonds. The van der Waals surface area contributed by atoms with Gasteiger partial charge in [0.05, 0.1) is 0 Å². The second-order valence-corrected chi connectivity index (χ2v) is 5.68. The molecule has 0 aromatic carbocycles. The lowest BCUT2D eigenvalue weighted by molar-refractivity contribution is 0.146. The predicted molar refractivity (Wildman–Crippen MR) is 80.1 cm³/mol. The van der Waals surface area contributed by atoms with Crippen LogP contribution in [-0.2, 0) is 0 Å². The smallest absolute Gasteiger partial charge is 0.0223 e. The highest BCUT2D eigenvalue weighted by Crippen LogP contribution is 2.18. The third-order valence-electron chi connectivity index (χ3n) is 4.59. The SMILES string of the molecule is CCNC(CC)C(C)N(C)CC1CCCN1CC. The molecule has 1 heterocycles. The first-order chi connectivity index (χ1) is 8.63. The van der Waals surface area contributed by atoms with Crippen LogP contribution in [-0.4, -0.2) is 61.2 Å². The summed E-state index contributed by atoms with van der Waals surface area (Å²) in [6.45, 7) is 13.9. The molecule has 1 aliphatic rings. The molecule has 0 bridgehead atoms.